The lowest BCUT2D eigenvalue weighted by atomic mass is 9.86. The summed E-state index contributed by atoms with van der Waals surface area (Å²) in [5.41, 5.74) is 1.06. The lowest BCUT2D eigenvalue weighted by Gasteiger charge is -2.39. The van der Waals surface area contributed by atoms with Crippen molar-refractivity contribution in [1.82, 2.24) is 5.32 Å². The molecule has 0 amide bonds. The lowest BCUT2D eigenvalue weighted by molar-refractivity contribution is 0.0188. The summed E-state index contributed by atoms with van der Waals surface area (Å²) in [5.74, 6) is 1.85. The molecular formula is C16H23NO3. The van der Waals surface area contributed by atoms with Gasteiger partial charge in [0.2, 0.25) is 0 Å². The molecule has 4 heteroatoms. The van der Waals surface area contributed by atoms with Gasteiger partial charge >= 0.3 is 0 Å². The Hall–Kier alpha value is -1.26. The molecule has 1 N–H and O–H groups in total. The zero-order valence-corrected chi connectivity index (χ0v) is 12.3. The molecule has 20 heavy (non-hydrogen) atoms. The van der Waals surface area contributed by atoms with E-state index in [0.717, 1.165) is 43.9 Å². The van der Waals surface area contributed by atoms with Gasteiger partial charge in [-0.2, -0.15) is 0 Å². The highest BCUT2D eigenvalue weighted by atomic mass is 16.6. The van der Waals surface area contributed by atoms with Gasteiger partial charge < -0.3 is 19.5 Å². The molecule has 2 unspecified atom stereocenters. The number of hydrogen-bond donors (Lipinski definition) is 1. The molecule has 0 aromatic heterocycles. The molecule has 2 aliphatic rings. The number of hydrogen-bond acceptors (Lipinski definition) is 4. The van der Waals surface area contributed by atoms with Crippen molar-refractivity contribution < 1.29 is 14.2 Å². The van der Waals surface area contributed by atoms with E-state index in [0.29, 0.717) is 12.6 Å². The van der Waals surface area contributed by atoms with Crippen molar-refractivity contribution >= 4 is 0 Å². The van der Waals surface area contributed by atoms with Crippen LogP contribution in [-0.4, -0.2) is 32.5 Å². The maximum atomic E-state index is 6.27. The molecule has 2 heterocycles. The van der Waals surface area contributed by atoms with Crippen molar-refractivity contribution in [2.75, 3.05) is 26.9 Å². The van der Waals surface area contributed by atoms with Crippen LogP contribution in [0.4, 0.5) is 0 Å². The number of rotatable bonds is 4. The second-order valence-electron chi connectivity index (χ2n) is 5.70. The van der Waals surface area contributed by atoms with Gasteiger partial charge in [0.25, 0.3) is 0 Å². The van der Waals surface area contributed by atoms with Gasteiger partial charge in [-0.15, -0.1) is 0 Å². The summed E-state index contributed by atoms with van der Waals surface area (Å²) in [6.45, 7) is 4.69. The lowest BCUT2D eigenvalue weighted by Crippen LogP contribution is -2.44. The first-order chi connectivity index (χ1) is 9.76. The predicted octanol–water partition coefficient (Wildman–Crippen LogP) is 2.68. The summed E-state index contributed by atoms with van der Waals surface area (Å²) in [7, 11) is 1.70. The molecule has 0 aliphatic carbocycles. The van der Waals surface area contributed by atoms with Crippen LogP contribution in [0.1, 0.15) is 37.8 Å². The van der Waals surface area contributed by atoms with Gasteiger partial charge in [-0.05, 0) is 31.2 Å². The van der Waals surface area contributed by atoms with E-state index in [4.69, 9.17) is 14.2 Å². The minimum atomic E-state index is -0.146. The normalized spacial score (nSPS) is 28.2. The Labute approximate surface area is 120 Å². The van der Waals surface area contributed by atoms with Crippen molar-refractivity contribution in [2.45, 2.75) is 37.8 Å². The molecule has 1 saturated heterocycles. The first-order valence-corrected chi connectivity index (χ1v) is 7.44. The van der Waals surface area contributed by atoms with Crippen LogP contribution in [-0.2, 0) is 4.74 Å². The molecule has 1 fully saturated rings. The van der Waals surface area contributed by atoms with Crippen LogP contribution < -0.4 is 14.8 Å². The Kier molecular flexibility index (Phi) is 3.85. The number of ether oxygens (including phenoxy) is 3. The Morgan fingerprint density at radius 1 is 1.45 bits per heavy atom. The fourth-order valence-corrected chi connectivity index (χ4v) is 3.11. The van der Waals surface area contributed by atoms with Gasteiger partial charge in [0.1, 0.15) is 17.1 Å². The molecule has 4 nitrogen and oxygen atoms in total. The minimum absolute atomic E-state index is 0.146. The topological polar surface area (TPSA) is 39.7 Å². The first-order valence-electron chi connectivity index (χ1n) is 7.44. The number of fused-ring (bicyclic) bond motifs is 1. The SMILES string of the molecule is CCCNC1CC2(CCOC2)Oc2ccc(OC)cc21. The number of benzene rings is 1. The minimum Gasteiger partial charge on any atom is -0.497 e. The molecule has 2 atom stereocenters. The van der Waals surface area contributed by atoms with E-state index in [9.17, 15) is 0 Å². The van der Waals surface area contributed by atoms with E-state index in [1.807, 2.05) is 12.1 Å². The second kappa shape index (κ2) is 5.62. The Morgan fingerprint density at radius 3 is 3.05 bits per heavy atom. The summed E-state index contributed by atoms with van der Waals surface area (Å²) < 4.78 is 17.2. The fourth-order valence-electron chi connectivity index (χ4n) is 3.11. The molecule has 1 aromatic carbocycles. The van der Waals surface area contributed by atoms with Gasteiger partial charge in [-0.25, -0.2) is 0 Å². The Bertz CT molecular complexity index is 469. The quantitative estimate of drug-likeness (QED) is 0.918. The third kappa shape index (κ3) is 2.50. The van der Waals surface area contributed by atoms with Crippen LogP contribution in [0.5, 0.6) is 11.5 Å². The van der Waals surface area contributed by atoms with Crippen molar-refractivity contribution in [3.63, 3.8) is 0 Å². The molecule has 110 valence electrons. The van der Waals surface area contributed by atoms with E-state index < -0.39 is 0 Å². The van der Waals surface area contributed by atoms with Crippen LogP contribution in [0, 0.1) is 0 Å². The fraction of sp³-hybridized carbons (Fsp3) is 0.625. The molecule has 1 aromatic rings. The number of nitrogens with one attached hydrogen (secondary N) is 1. The van der Waals surface area contributed by atoms with Crippen molar-refractivity contribution in [3.05, 3.63) is 23.8 Å². The second-order valence-corrected chi connectivity index (χ2v) is 5.70. The van der Waals surface area contributed by atoms with E-state index in [1.54, 1.807) is 7.11 Å². The van der Waals surface area contributed by atoms with Crippen molar-refractivity contribution in [1.29, 1.82) is 0 Å². The molecule has 1 spiro atoms. The Balaban J connectivity index is 1.91. The first kappa shape index (κ1) is 13.7. The van der Waals surface area contributed by atoms with Crippen LogP contribution in [0.2, 0.25) is 0 Å². The predicted molar refractivity (Wildman–Crippen MR) is 77.4 cm³/mol. The highest BCUT2D eigenvalue weighted by Crippen LogP contribution is 2.44. The monoisotopic (exact) mass is 277 g/mol. The van der Waals surface area contributed by atoms with Crippen LogP contribution in [0.15, 0.2) is 18.2 Å². The molecule has 0 radical (unpaired) electrons. The van der Waals surface area contributed by atoms with E-state index in [1.165, 1.54) is 5.56 Å². The molecule has 2 aliphatic heterocycles. The summed E-state index contributed by atoms with van der Waals surface area (Å²) in [4.78, 5) is 0. The maximum Gasteiger partial charge on any atom is 0.136 e. The summed E-state index contributed by atoms with van der Waals surface area (Å²) in [6, 6.07) is 6.39. The zero-order valence-electron chi connectivity index (χ0n) is 12.3. The Morgan fingerprint density at radius 2 is 2.35 bits per heavy atom. The van der Waals surface area contributed by atoms with Gasteiger partial charge in [-0.3, -0.25) is 0 Å². The van der Waals surface area contributed by atoms with Gasteiger partial charge in [0.05, 0.1) is 20.3 Å². The maximum absolute atomic E-state index is 6.27. The van der Waals surface area contributed by atoms with Gasteiger partial charge in [-0.1, -0.05) is 6.92 Å². The largest absolute Gasteiger partial charge is 0.497 e. The standard InChI is InChI=1S/C16H23NO3/c1-3-7-17-14-10-16(6-8-19-11-16)20-15-5-4-12(18-2)9-13(14)15/h4-5,9,14,17H,3,6-8,10-11H2,1-2H3. The third-order valence-electron chi connectivity index (χ3n) is 4.20. The highest BCUT2D eigenvalue weighted by molar-refractivity contribution is 5.44. The van der Waals surface area contributed by atoms with Gasteiger partial charge in [0.15, 0.2) is 0 Å². The molecule has 0 bridgehead atoms. The van der Waals surface area contributed by atoms with Gasteiger partial charge in [0, 0.05) is 24.4 Å². The van der Waals surface area contributed by atoms with E-state index in [-0.39, 0.29) is 5.60 Å². The summed E-state index contributed by atoms with van der Waals surface area (Å²) >= 11 is 0. The average Bonchev–Trinajstić information content (AvgIpc) is 2.92. The summed E-state index contributed by atoms with van der Waals surface area (Å²) in [6.07, 6.45) is 3.07. The smallest absolute Gasteiger partial charge is 0.136 e. The van der Waals surface area contributed by atoms with Crippen LogP contribution in [0.3, 0.4) is 0 Å². The van der Waals surface area contributed by atoms with E-state index in [2.05, 4.69) is 18.3 Å². The average molecular weight is 277 g/mol. The van der Waals surface area contributed by atoms with Crippen LogP contribution in [0.25, 0.3) is 0 Å². The molecule has 3 rings (SSSR count). The molecular weight excluding hydrogens is 254 g/mol. The van der Waals surface area contributed by atoms with Crippen molar-refractivity contribution in [3.8, 4) is 11.5 Å². The molecule has 0 saturated carbocycles. The number of methoxy groups -OCH3 is 1. The highest BCUT2D eigenvalue weighted by Gasteiger charge is 2.44. The zero-order chi connectivity index (χ0) is 14.0. The summed E-state index contributed by atoms with van der Waals surface area (Å²) in [5, 5.41) is 3.64. The van der Waals surface area contributed by atoms with Crippen molar-refractivity contribution in [2.24, 2.45) is 0 Å². The van der Waals surface area contributed by atoms with Crippen LogP contribution >= 0.6 is 0 Å². The third-order valence-corrected chi connectivity index (χ3v) is 4.20. The van der Waals surface area contributed by atoms with E-state index >= 15 is 0 Å².